The van der Waals surface area contributed by atoms with Crippen LogP contribution >= 0.6 is 0 Å². The van der Waals surface area contributed by atoms with Crippen LogP contribution in [0.2, 0.25) is 0 Å². The van der Waals surface area contributed by atoms with Gasteiger partial charge in [0.2, 0.25) is 0 Å². The number of rotatable bonds is 4. The zero-order valence-electron chi connectivity index (χ0n) is 9.91. The number of hydrogen-bond acceptors (Lipinski definition) is 3. The molecule has 1 rings (SSSR count). The molecule has 0 fully saturated rings. The van der Waals surface area contributed by atoms with Crippen molar-refractivity contribution in [1.82, 2.24) is 0 Å². The van der Waals surface area contributed by atoms with Gasteiger partial charge in [-0.2, -0.15) is 0 Å². The average molecular weight is 262 g/mol. The molecule has 0 radical (unpaired) electrons. The summed E-state index contributed by atoms with van der Waals surface area (Å²) in [6, 6.07) is 2.44. The van der Waals surface area contributed by atoms with Crippen molar-refractivity contribution >= 4 is 5.97 Å². The Hall–Kier alpha value is -1.56. The highest BCUT2D eigenvalue weighted by Crippen LogP contribution is 2.30. The maximum Gasteiger partial charge on any atom is 0.339 e. The highest BCUT2D eigenvalue weighted by Gasteiger charge is 2.28. The van der Waals surface area contributed by atoms with Crippen molar-refractivity contribution in [2.75, 3.05) is 6.61 Å². The topological polar surface area (TPSA) is 46.5 Å². The molecule has 1 aromatic carbocycles. The lowest BCUT2D eigenvalue weighted by atomic mass is 10.0. The Balaban J connectivity index is 3.12. The van der Waals surface area contributed by atoms with Gasteiger partial charge in [-0.15, -0.1) is 0 Å². The average Bonchev–Trinajstić information content (AvgIpc) is 2.27. The first-order valence-corrected chi connectivity index (χ1v) is 5.29. The maximum atomic E-state index is 13.4. The van der Waals surface area contributed by atoms with Crippen LogP contribution in [0.25, 0.3) is 0 Å². The van der Waals surface area contributed by atoms with Gasteiger partial charge in [-0.1, -0.05) is 6.07 Å². The molecule has 3 nitrogen and oxygen atoms in total. The van der Waals surface area contributed by atoms with Gasteiger partial charge in [-0.25, -0.2) is 18.0 Å². The second kappa shape index (κ2) is 5.39. The van der Waals surface area contributed by atoms with Crippen molar-refractivity contribution < 1.29 is 27.8 Å². The molecule has 0 spiro atoms. The molecule has 0 saturated carbocycles. The fourth-order valence-electron chi connectivity index (χ4n) is 1.37. The van der Waals surface area contributed by atoms with Gasteiger partial charge in [-0.05, 0) is 19.1 Å². The summed E-state index contributed by atoms with van der Waals surface area (Å²) in [7, 11) is 0. The van der Waals surface area contributed by atoms with E-state index >= 15 is 0 Å². The lowest BCUT2D eigenvalue weighted by Gasteiger charge is -2.15. The number of halogens is 3. The minimum absolute atomic E-state index is 0.00113. The molecule has 0 bridgehead atoms. The van der Waals surface area contributed by atoms with Crippen molar-refractivity contribution in [2.45, 2.75) is 25.9 Å². The van der Waals surface area contributed by atoms with Crippen LogP contribution in [0.5, 0.6) is 0 Å². The third kappa shape index (κ3) is 3.22. The van der Waals surface area contributed by atoms with Crippen LogP contribution in [-0.4, -0.2) is 17.7 Å². The molecule has 18 heavy (non-hydrogen) atoms. The molecule has 6 heteroatoms. The molecule has 100 valence electrons. The van der Waals surface area contributed by atoms with Gasteiger partial charge in [0.15, 0.2) is 6.10 Å². The van der Waals surface area contributed by atoms with E-state index in [0.29, 0.717) is 6.92 Å². The Bertz CT molecular complexity index is 441. The number of esters is 1. The molecule has 0 saturated heterocycles. The molecule has 1 unspecified atom stereocenters. The van der Waals surface area contributed by atoms with Crippen molar-refractivity contribution in [3.05, 3.63) is 35.1 Å². The van der Waals surface area contributed by atoms with E-state index in [1.807, 2.05) is 0 Å². The molecule has 1 atom stereocenters. The molecule has 0 amide bonds. The number of benzene rings is 1. The lowest BCUT2D eigenvalue weighted by molar-refractivity contribution is -0.153. The number of carbonyl (C=O) groups excluding carboxylic acids is 1. The summed E-state index contributed by atoms with van der Waals surface area (Å²) in [5.74, 6) is -5.20. The van der Waals surface area contributed by atoms with E-state index in [9.17, 15) is 23.1 Å². The zero-order valence-corrected chi connectivity index (χ0v) is 9.91. The summed E-state index contributed by atoms with van der Waals surface area (Å²) in [6.45, 7) is 2.15. The van der Waals surface area contributed by atoms with E-state index in [-0.39, 0.29) is 6.61 Å². The monoisotopic (exact) mass is 262 g/mol. The molecule has 0 aliphatic rings. The minimum atomic E-state index is -3.18. The Morgan fingerprint density at radius 1 is 1.50 bits per heavy atom. The van der Waals surface area contributed by atoms with E-state index in [4.69, 9.17) is 0 Å². The van der Waals surface area contributed by atoms with Crippen LogP contribution in [0.4, 0.5) is 13.2 Å². The smallest absolute Gasteiger partial charge is 0.339 e. The lowest BCUT2D eigenvalue weighted by Crippen LogP contribution is -2.18. The fraction of sp³-hybridized carbons (Fsp3) is 0.417. The van der Waals surface area contributed by atoms with Crippen molar-refractivity contribution in [2.24, 2.45) is 0 Å². The normalized spacial score (nSPS) is 13.2. The Labute approximate surface area is 102 Å². The number of carbonyl (C=O) groups is 1. The summed E-state index contributed by atoms with van der Waals surface area (Å²) in [5.41, 5.74) is -1.00. The SMILES string of the molecule is CCOC(=O)C(O)c1cc(C(C)(F)F)ccc1F. The molecule has 0 heterocycles. The highest BCUT2D eigenvalue weighted by molar-refractivity contribution is 5.76. The molecule has 1 aromatic rings. The van der Waals surface area contributed by atoms with Gasteiger partial charge in [-0.3, -0.25) is 0 Å². The highest BCUT2D eigenvalue weighted by atomic mass is 19.3. The summed E-state index contributed by atoms with van der Waals surface area (Å²) < 4.78 is 44.0. The van der Waals surface area contributed by atoms with Crippen LogP contribution in [0.15, 0.2) is 18.2 Å². The van der Waals surface area contributed by atoms with E-state index < -0.39 is 34.9 Å². The third-order valence-electron chi connectivity index (χ3n) is 2.31. The van der Waals surface area contributed by atoms with Crippen molar-refractivity contribution in [3.63, 3.8) is 0 Å². The fourth-order valence-corrected chi connectivity index (χ4v) is 1.37. The summed E-state index contributed by atoms with van der Waals surface area (Å²) >= 11 is 0. The Morgan fingerprint density at radius 3 is 2.61 bits per heavy atom. The standard InChI is InChI=1S/C12H13F3O3/c1-3-18-11(17)10(16)8-6-7(12(2,14)15)4-5-9(8)13/h4-6,10,16H,3H2,1-2H3. The van der Waals surface area contributed by atoms with Crippen LogP contribution in [0.3, 0.4) is 0 Å². The predicted molar refractivity (Wildman–Crippen MR) is 57.6 cm³/mol. The first-order chi connectivity index (χ1) is 8.27. The first kappa shape index (κ1) is 14.5. The van der Waals surface area contributed by atoms with E-state index in [0.717, 1.165) is 18.2 Å². The molecular formula is C12H13F3O3. The number of aliphatic hydroxyl groups is 1. The molecule has 0 aliphatic carbocycles. The number of hydrogen-bond donors (Lipinski definition) is 1. The maximum absolute atomic E-state index is 13.4. The molecule has 0 aromatic heterocycles. The summed E-state index contributed by atoms with van der Waals surface area (Å²) in [6.07, 6.45) is -1.91. The molecular weight excluding hydrogens is 249 g/mol. The Morgan fingerprint density at radius 2 is 2.11 bits per heavy atom. The minimum Gasteiger partial charge on any atom is -0.464 e. The van der Waals surface area contributed by atoms with Crippen LogP contribution in [-0.2, 0) is 15.5 Å². The second-order valence-electron chi connectivity index (χ2n) is 3.78. The van der Waals surface area contributed by atoms with E-state index in [1.165, 1.54) is 6.92 Å². The summed E-state index contributed by atoms with van der Waals surface area (Å²) in [4.78, 5) is 11.2. The quantitative estimate of drug-likeness (QED) is 0.848. The number of alkyl halides is 2. The molecule has 1 N–H and O–H groups in total. The van der Waals surface area contributed by atoms with Crippen LogP contribution in [0.1, 0.15) is 31.1 Å². The first-order valence-electron chi connectivity index (χ1n) is 5.29. The number of aliphatic hydroxyl groups excluding tert-OH is 1. The molecule has 0 aliphatic heterocycles. The Kier molecular flexibility index (Phi) is 4.34. The predicted octanol–water partition coefficient (Wildman–Crippen LogP) is 2.53. The third-order valence-corrected chi connectivity index (χ3v) is 2.31. The van der Waals surface area contributed by atoms with Crippen LogP contribution < -0.4 is 0 Å². The van der Waals surface area contributed by atoms with Gasteiger partial charge in [0.25, 0.3) is 5.92 Å². The number of ether oxygens (including phenoxy) is 1. The van der Waals surface area contributed by atoms with Crippen molar-refractivity contribution in [1.29, 1.82) is 0 Å². The van der Waals surface area contributed by atoms with Gasteiger partial charge < -0.3 is 9.84 Å². The second-order valence-corrected chi connectivity index (χ2v) is 3.78. The van der Waals surface area contributed by atoms with E-state index in [2.05, 4.69) is 4.74 Å². The zero-order chi connectivity index (χ0) is 13.9. The largest absolute Gasteiger partial charge is 0.464 e. The van der Waals surface area contributed by atoms with Gasteiger partial charge in [0, 0.05) is 18.1 Å². The van der Waals surface area contributed by atoms with E-state index in [1.54, 1.807) is 0 Å². The summed E-state index contributed by atoms with van der Waals surface area (Å²) in [5, 5.41) is 9.53. The van der Waals surface area contributed by atoms with Crippen LogP contribution in [0, 0.1) is 5.82 Å². The van der Waals surface area contributed by atoms with Gasteiger partial charge in [0.1, 0.15) is 5.82 Å². The van der Waals surface area contributed by atoms with Gasteiger partial charge in [0.05, 0.1) is 6.61 Å². The van der Waals surface area contributed by atoms with Crippen molar-refractivity contribution in [3.8, 4) is 0 Å². The van der Waals surface area contributed by atoms with Gasteiger partial charge >= 0.3 is 5.97 Å².